The number of hydrogen-bond acceptors (Lipinski definition) is 4. The Bertz CT molecular complexity index is 313. The van der Waals surface area contributed by atoms with Crippen LogP contribution in [0.2, 0.25) is 0 Å². The van der Waals surface area contributed by atoms with E-state index in [0.29, 0.717) is 12.1 Å². The minimum absolute atomic E-state index is 0.283. The SMILES string of the molecule is CN1CCN([C@H]2C[C@H](NC(=O)OC(C)(C)C)C2)CC1. The van der Waals surface area contributed by atoms with Gasteiger partial charge in [0.1, 0.15) is 5.60 Å². The molecule has 1 saturated heterocycles. The van der Waals surface area contributed by atoms with Gasteiger partial charge in [-0.05, 0) is 40.7 Å². The van der Waals surface area contributed by atoms with Gasteiger partial charge in [0.05, 0.1) is 0 Å². The van der Waals surface area contributed by atoms with Gasteiger partial charge >= 0.3 is 6.09 Å². The molecule has 19 heavy (non-hydrogen) atoms. The molecule has 0 aromatic rings. The number of amides is 1. The fraction of sp³-hybridized carbons (Fsp3) is 0.929. The van der Waals surface area contributed by atoms with E-state index in [2.05, 4.69) is 22.2 Å². The number of carbonyl (C=O) groups is 1. The number of rotatable bonds is 2. The van der Waals surface area contributed by atoms with Crippen molar-refractivity contribution in [3.8, 4) is 0 Å². The standard InChI is InChI=1S/C14H27N3O2/c1-14(2,3)19-13(18)15-11-9-12(10-11)17-7-5-16(4)6-8-17/h11-12H,5-10H2,1-4H3,(H,15,18)/t11-,12-. The zero-order valence-corrected chi connectivity index (χ0v) is 12.6. The van der Waals surface area contributed by atoms with Crippen molar-refractivity contribution >= 4 is 6.09 Å². The summed E-state index contributed by atoms with van der Waals surface area (Å²) in [6, 6.07) is 0.938. The first-order valence-corrected chi connectivity index (χ1v) is 7.25. The third-order valence-corrected chi connectivity index (χ3v) is 3.89. The van der Waals surface area contributed by atoms with Gasteiger partial charge < -0.3 is 15.0 Å². The Morgan fingerprint density at radius 2 is 1.74 bits per heavy atom. The third-order valence-electron chi connectivity index (χ3n) is 3.89. The smallest absolute Gasteiger partial charge is 0.407 e. The number of carbonyl (C=O) groups excluding carboxylic acids is 1. The summed E-state index contributed by atoms with van der Waals surface area (Å²) in [5.41, 5.74) is -0.412. The minimum atomic E-state index is -0.412. The second kappa shape index (κ2) is 5.67. The van der Waals surface area contributed by atoms with Crippen molar-refractivity contribution in [1.82, 2.24) is 15.1 Å². The number of alkyl carbamates (subject to hydrolysis) is 1. The summed E-state index contributed by atoms with van der Waals surface area (Å²) in [7, 11) is 2.17. The number of ether oxygens (including phenoxy) is 1. The molecule has 1 N–H and O–H groups in total. The van der Waals surface area contributed by atoms with Crippen LogP contribution in [0.4, 0.5) is 4.79 Å². The van der Waals surface area contributed by atoms with Crippen LogP contribution in [0.15, 0.2) is 0 Å². The number of nitrogens with one attached hydrogen (secondary N) is 1. The zero-order valence-electron chi connectivity index (χ0n) is 12.6. The van der Waals surface area contributed by atoms with Crippen LogP contribution < -0.4 is 5.32 Å². The van der Waals surface area contributed by atoms with E-state index in [9.17, 15) is 4.79 Å². The summed E-state index contributed by atoms with van der Waals surface area (Å²) in [6.07, 6.45) is 1.83. The molecule has 0 spiro atoms. The van der Waals surface area contributed by atoms with Crippen LogP contribution in [-0.4, -0.2) is 66.8 Å². The molecule has 0 unspecified atom stereocenters. The lowest BCUT2D eigenvalue weighted by atomic mass is 9.85. The van der Waals surface area contributed by atoms with Crippen LogP contribution in [0.3, 0.4) is 0 Å². The molecule has 5 heteroatoms. The lowest BCUT2D eigenvalue weighted by Gasteiger charge is -2.46. The highest BCUT2D eigenvalue weighted by Crippen LogP contribution is 2.26. The van der Waals surface area contributed by atoms with E-state index in [0.717, 1.165) is 39.0 Å². The lowest BCUT2D eigenvalue weighted by Crippen LogP contribution is -2.58. The number of likely N-dealkylation sites (N-methyl/N-ethyl adjacent to an activating group) is 1. The average Bonchev–Trinajstić information content (AvgIpc) is 2.22. The Labute approximate surface area is 116 Å². The fourth-order valence-corrected chi connectivity index (χ4v) is 2.67. The molecule has 1 amide bonds. The van der Waals surface area contributed by atoms with Gasteiger partial charge in [-0.3, -0.25) is 4.90 Å². The van der Waals surface area contributed by atoms with Crippen LogP contribution in [0.25, 0.3) is 0 Å². The highest BCUT2D eigenvalue weighted by atomic mass is 16.6. The second-order valence-electron chi connectivity index (χ2n) is 6.81. The van der Waals surface area contributed by atoms with Crippen molar-refractivity contribution in [3.63, 3.8) is 0 Å². The van der Waals surface area contributed by atoms with Crippen LogP contribution in [-0.2, 0) is 4.74 Å². The van der Waals surface area contributed by atoms with E-state index in [1.807, 2.05) is 20.8 Å². The molecule has 2 aliphatic rings. The van der Waals surface area contributed by atoms with Crippen molar-refractivity contribution in [2.24, 2.45) is 0 Å². The fourth-order valence-electron chi connectivity index (χ4n) is 2.67. The van der Waals surface area contributed by atoms with Gasteiger partial charge in [-0.25, -0.2) is 4.79 Å². The molecular formula is C14H27N3O2. The van der Waals surface area contributed by atoms with Gasteiger partial charge in [0.2, 0.25) is 0 Å². The predicted octanol–water partition coefficient (Wildman–Crippen LogP) is 1.29. The van der Waals surface area contributed by atoms with Gasteiger partial charge in [-0.1, -0.05) is 0 Å². The Morgan fingerprint density at radius 3 is 2.26 bits per heavy atom. The second-order valence-corrected chi connectivity index (χ2v) is 6.81. The van der Waals surface area contributed by atoms with E-state index < -0.39 is 5.60 Å². The minimum Gasteiger partial charge on any atom is -0.444 e. The number of hydrogen-bond donors (Lipinski definition) is 1. The molecule has 1 saturated carbocycles. The maximum Gasteiger partial charge on any atom is 0.407 e. The van der Waals surface area contributed by atoms with Gasteiger partial charge in [0.25, 0.3) is 0 Å². The maximum absolute atomic E-state index is 11.6. The average molecular weight is 269 g/mol. The first-order chi connectivity index (χ1) is 8.83. The molecule has 0 aromatic heterocycles. The number of nitrogens with zero attached hydrogens (tertiary/aromatic N) is 2. The normalized spacial score (nSPS) is 29.7. The monoisotopic (exact) mass is 269 g/mol. The molecule has 1 aliphatic carbocycles. The van der Waals surface area contributed by atoms with E-state index in [4.69, 9.17) is 4.74 Å². The predicted molar refractivity (Wildman–Crippen MR) is 75.2 cm³/mol. The van der Waals surface area contributed by atoms with Crippen molar-refractivity contribution in [1.29, 1.82) is 0 Å². The topological polar surface area (TPSA) is 44.8 Å². The molecule has 2 rings (SSSR count). The zero-order chi connectivity index (χ0) is 14.0. The Hall–Kier alpha value is -0.810. The summed E-state index contributed by atoms with van der Waals surface area (Å²) in [4.78, 5) is 16.5. The van der Waals surface area contributed by atoms with Crippen LogP contribution in [0, 0.1) is 0 Å². The first-order valence-electron chi connectivity index (χ1n) is 7.25. The first kappa shape index (κ1) is 14.6. The van der Waals surface area contributed by atoms with Crippen molar-refractivity contribution in [2.75, 3.05) is 33.2 Å². The number of piperazine rings is 1. The van der Waals surface area contributed by atoms with E-state index in [-0.39, 0.29) is 6.09 Å². The Kier molecular flexibility index (Phi) is 4.36. The summed E-state index contributed by atoms with van der Waals surface area (Å²) < 4.78 is 5.27. The highest BCUT2D eigenvalue weighted by Gasteiger charge is 2.36. The quantitative estimate of drug-likeness (QED) is 0.820. The summed E-state index contributed by atoms with van der Waals surface area (Å²) in [6.45, 7) is 10.3. The molecule has 110 valence electrons. The van der Waals surface area contributed by atoms with Crippen LogP contribution in [0.5, 0.6) is 0 Å². The summed E-state index contributed by atoms with van der Waals surface area (Å²) in [5, 5.41) is 2.95. The molecule has 2 fully saturated rings. The van der Waals surface area contributed by atoms with Gasteiger partial charge in [0.15, 0.2) is 0 Å². The summed E-state index contributed by atoms with van der Waals surface area (Å²) in [5.74, 6) is 0. The molecule has 0 bridgehead atoms. The van der Waals surface area contributed by atoms with Crippen LogP contribution >= 0.6 is 0 Å². The summed E-state index contributed by atoms with van der Waals surface area (Å²) >= 11 is 0. The Balaban J connectivity index is 1.65. The van der Waals surface area contributed by atoms with Gasteiger partial charge in [-0.2, -0.15) is 0 Å². The third kappa shape index (κ3) is 4.35. The maximum atomic E-state index is 11.6. The molecule has 0 aromatic carbocycles. The van der Waals surface area contributed by atoms with E-state index in [1.54, 1.807) is 0 Å². The van der Waals surface area contributed by atoms with Gasteiger partial charge in [0, 0.05) is 38.3 Å². The molecular weight excluding hydrogens is 242 g/mol. The Morgan fingerprint density at radius 1 is 1.16 bits per heavy atom. The largest absolute Gasteiger partial charge is 0.444 e. The van der Waals surface area contributed by atoms with E-state index >= 15 is 0 Å². The molecule has 0 radical (unpaired) electrons. The van der Waals surface area contributed by atoms with Crippen LogP contribution in [0.1, 0.15) is 33.6 Å². The van der Waals surface area contributed by atoms with Crippen molar-refractivity contribution < 1.29 is 9.53 Å². The molecule has 5 nitrogen and oxygen atoms in total. The molecule has 1 heterocycles. The highest BCUT2D eigenvalue weighted by molar-refractivity contribution is 5.68. The molecule has 0 atom stereocenters. The van der Waals surface area contributed by atoms with Crippen molar-refractivity contribution in [3.05, 3.63) is 0 Å². The van der Waals surface area contributed by atoms with E-state index in [1.165, 1.54) is 0 Å². The van der Waals surface area contributed by atoms with Crippen molar-refractivity contribution in [2.45, 2.75) is 51.3 Å². The van der Waals surface area contributed by atoms with Gasteiger partial charge in [-0.15, -0.1) is 0 Å². The lowest BCUT2D eigenvalue weighted by molar-refractivity contribution is 0.0305. The molecule has 1 aliphatic heterocycles.